The molecule has 0 amide bonds. The molecular formula is C12H11ClFN. The van der Waals surface area contributed by atoms with Crippen molar-refractivity contribution in [2.24, 2.45) is 4.99 Å². The Bertz CT molecular complexity index is 475. The summed E-state index contributed by atoms with van der Waals surface area (Å²) in [6.45, 7) is 3.72. The summed E-state index contributed by atoms with van der Waals surface area (Å²) < 4.78 is 13.8. The van der Waals surface area contributed by atoms with E-state index in [0.29, 0.717) is 12.0 Å². The fourth-order valence-corrected chi connectivity index (χ4v) is 1.78. The normalized spacial score (nSPS) is 15.2. The van der Waals surface area contributed by atoms with Gasteiger partial charge in [0.05, 0.1) is 5.02 Å². The molecule has 1 aromatic rings. The Hall–Kier alpha value is -1.15. The topological polar surface area (TPSA) is 12.4 Å². The van der Waals surface area contributed by atoms with E-state index >= 15 is 0 Å². The molecule has 0 unspecified atom stereocenters. The van der Waals surface area contributed by atoms with E-state index < -0.39 is 0 Å². The number of nitrogens with zero attached hydrogens (tertiary/aromatic N) is 1. The molecule has 0 bridgehead atoms. The third kappa shape index (κ3) is 1.82. The van der Waals surface area contributed by atoms with Gasteiger partial charge in [-0.05, 0) is 25.0 Å². The van der Waals surface area contributed by atoms with Crippen LogP contribution >= 0.6 is 11.6 Å². The average molecular weight is 224 g/mol. The van der Waals surface area contributed by atoms with Gasteiger partial charge in [0.15, 0.2) is 0 Å². The highest BCUT2D eigenvalue weighted by Gasteiger charge is 2.15. The van der Waals surface area contributed by atoms with Crippen LogP contribution in [0.4, 0.5) is 4.39 Å². The fourth-order valence-electron chi connectivity index (χ4n) is 1.61. The SMILES string of the molecule is CC1=NC=C(c2ccc(C)c(Cl)c2F)C1. The Morgan fingerprint density at radius 3 is 2.67 bits per heavy atom. The van der Waals surface area contributed by atoms with Crippen LogP contribution in [-0.2, 0) is 0 Å². The number of allylic oxidation sites excluding steroid dienone is 1. The Kier molecular flexibility index (Phi) is 2.61. The second-order valence-corrected chi connectivity index (χ2v) is 4.13. The van der Waals surface area contributed by atoms with Crippen LogP contribution in [0.5, 0.6) is 0 Å². The molecule has 15 heavy (non-hydrogen) atoms. The molecule has 3 heteroatoms. The van der Waals surface area contributed by atoms with Crippen molar-refractivity contribution in [1.82, 2.24) is 0 Å². The molecule has 2 rings (SSSR count). The Morgan fingerprint density at radius 2 is 2.07 bits per heavy atom. The smallest absolute Gasteiger partial charge is 0.149 e. The number of hydrogen-bond acceptors (Lipinski definition) is 1. The number of hydrogen-bond donors (Lipinski definition) is 0. The molecule has 0 aliphatic carbocycles. The van der Waals surface area contributed by atoms with Crippen molar-refractivity contribution >= 4 is 22.9 Å². The minimum atomic E-state index is -0.340. The van der Waals surface area contributed by atoms with Crippen molar-refractivity contribution in [3.8, 4) is 0 Å². The highest BCUT2D eigenvalue weighted by atomic mass is 35.5. The van der Waals surface area contributed by atoms with Crippen molar-refractivity contribution in [3.63, 3.8) is 0 Å². The fraction of sp³-hybridized carbons (Fsp3) is 0.250. The summed E-state index contributed by atoms with van der Waals surface area (Å²) in [5.41, 5.74) is 3.22. The van der Waals surface area contributed by atoms with Crippen molar-refractivity contribution in [2.75, 3.05) is 0 Å². The van der Waals surface area contributed by atoms with Gasteiger partial charge in [0.1, 0.15) is 5.82 Å². The van der Waals surface area contributed by atoms with E-state index in [2.05, 4.69) is 4.99 Å². The summed E-state index contributed by atoms with van der Waals surface area (Å²) in [5.74, 6) is -0.340. The molecule has 0 saturated heterocycles. The zero-order valence-electron chi connectivity index (χ0n) is 8.64. The van der Waals surface area contributed by atoms with Gasteiger partial charge in [-0.3, -0.25) is 4.99 Å². The third-order valence-electron chi connectivity index (χ3n) is 2.51. The first kappa shape index (κ1) is 10.4. The second kappa shape index (κ2) is 3.78. The van der Waals surface area contributed by atoms with E-state index in [4.69, 9.17) is 11.6 Å². The number of aliphatic imine (C=N–C) groups is 1. The zero-order chi connectivity index (χ0) is 11.0. The predicted molar refractivity (Wildman–Crippen MR) is 61.9 cm³/mol. The second-order valence-electron chi connectivity index (χ2n) is 3.75. The molecule has 0 saturated carbocycles. The maximum absolute atomic E-state index is 13.8. The molecule has 1 aliphatic heterocycles. The first-order chi connectivity index (χ1) is 7.09. The van der Waals surface area contributed by atoms with E-state index in [1.807, 2.05) is 13.0 Å². The van der Waals surface area contributed by atoms with Crippen LogP contribution in [0.15, 0.2) is 23.3 Å². The van der Waals surface area contributed by atoms with Gasteiger partial charge in [-0.2, -0.15) is 0 Å². The largest absolute Gasteiger partial charge is 0.265 e. The molecule has 1 nitrogen and oxygen atoms in total. The van der Waals surface area contributed by atoms with E-state index in [1.165, 1.54) is 0 Å². The summed E-state index contributed by atoms with van der Waals surface area (Å²) in [5, 5.41) is 0.206. The van der Waals surface area contributed by atoms with Crippen LogP contribution in [0.1, 0.15) is 24.5 Å². The predicted octanol–water partition coefficient (Wildman–Crippen LogP) is 3.99. The third-order valence-corrected chi connectivity index (χ3v) is 2.97. The Morgan fingerprint density at radius 1 is 1.33 bits per heavy atom. The van der Waals surface area contributed by atoms with E-state index in [0.717, 1.165) is 16.8 Å². The van der Waals surface area contributed by atoms with E-state index in [1.54, 1.807) is 19.2 Å². The van der Waals surface area contributed by atoms with Crippen molar-refractivity contribution in [2.45, 2.75) is 20.3 Å². The maximum Gasteiger partial charge on any atom is 0.149 e. The maximum atomic E-state index is 13.8. The average Bonchev–Trinajstić information content (AvgIpc) is 2.61. The summed E-state index contributed by atoms with van der Waals surface area (Å²) in [7, 11) is 0. The van der Waals surface area contributed by atoms with Crippen LogP contribution in [0.3, 0.4) is 0 Å². The Balaban J connectivity index is 2.43. The molecule has 0 N–H and O–H groups in total. The summed E-state index contributed by atoms with van der Waals surface area (Å²) in [6, 6.07) is 3.59. The molecule has 0 atom stereocenters. The number of benzene rings is 1. The summed E-state index contributed by atoms with van der Waals surface area (Å²) in [4.78, 5) is 4.13. The lowest BCUT2D eigenvalue weighted by Gasteiger charge is -2.07. The van der Waals surface area contributed by atoms with Gasteiger partial charge in [0.25, 0.3) is 0 Å². The quantitative estimate of drug-likeness (QED) is 0.683. The molecular weight excluding hydrogens is 213 g/mol. The molecule has 1 aromatic carbocycles. The first-order valence-corrected chi connectivity index (χ1v) is 5.14. The van der Waals surface area contributed by atoms with Gasteiger partial charge >= 0.3 is 0 Å². The van der Waals surface area contributed by atoms with Crippen molar-refractivity contribution < 1.29 is 4.39 Å². The van der Waals surface area contributed by atoms with Crippen LogP contribution < -0.4 is 0 Å². The number of halogens is 2. The minimum absolute atomic E-state index is 0.206. The monoisotopic (exact) mass is 223 g/mol. The van der Waals surface area contributed by atoms with E-state index in [-0.39, 0.29) is 10.8 Å². The molecule has 0 fully saturated rings. The van der Waals surface area contributed by atoms with Gasteiger partial charge in [0, 0.05) is 23.9 Å². The lowest BCUT2D eigenvalue weighted by molar-refractivity contribution is 0.623. The molecule has 1 aliphatic rings. The van der Waals surface area contributed by atoms with Crippen LogP contribution in [0, 0.1) is 12.7 Å². The first-order valence-electron chi connectivity index (χ1n) is 4.77. The highest BCUT2D eigenvalue weighted by Crippen LogP contribution is 2.30. The van der Waals surface area contributed by atoms with Gasteiger partial charge in [-0.1, -0.05) is 23.7 Å². The standard InChI is InChI=1S/C12H11ClFN/c1-7-3-4-10(12(14)11(7)13)9-5-8(2)15-6-9/h3-4,6H,5H2,1-2H3. The zero-order valence-corrected chi connectivity index (χ0v) is 9.40. The van der Waals surface area contributed by atoms with E-state index in [9.17, 15) is 4.39 Å². The van der Waals surface area contributed by atoms with Crippen LogP contribution in [0.25, 0.3) is 5.57 Å². The van der Waals surface area contributed by atoms with Gasteiger partial charge in [-0.15, -0.1) is 0 Å². The molecule has 0 radical (unpaired) electrons. The number of aryl methyl sites for hydroxylation is 1. The highest BCUT2D eigenvalue weighted by molar-refractivity contribution is 6.31. The molecule has 0 spiro atoms. The molecule has 78 valence electrons. The lowest BCUT2D eigenvalue weighted by Crippen LogP contribution is -1.94. The van der Waals surface area contributed by atoms with Crippen LogP contribution in [-0.4, -0.2) is 5.71 Å². The Labute approximate surface area is 93.3 Å². The van der Waals surface area contributed by atoms with Gasteiger partial charge in [-0.25, -0.2) is 4.39 Å². The molecule has 0 aromatic heterocycles. The molecule has 1 heterocycles. The summed E-state index contributed by atoms with van der Waals surface area (Å²) in [6.07, 6.45) is 2.41. The summed E-state index contributed by atoms with van der Waals surface area (Å²) >= 11 is 5.86. The van der Waals surface area contributed by atoms with Crippen LogP contribution in [0.2, 0.25) is 5.02 Å². The lowest BCUT2D eigenvalue weighted by atomic mass is 10.0. The van der Waals surface area contributed by atoms with Crippen molar-refractivity contribution in [3.05, 3.63) is 40.3 Å². The minimum Gasteiger partial charge on any atom is -0.265 e. The number of rotatable bonds is 1. The van der Waals surface area contributed by atoms with Gasteiger partial charge in [0.2, 0.25) is 0 Å². The van der Waals surface area contributed by atoms with Crippen molar-refractivity contribution in [1.29, 1.82) is 0 Å². The van der Waals surface area contributed by atoms with Gasteiger partial charge < -0.3 is 0 Å².